The molecule has 0 unspecified atom stereocenters. The first-order valence-corrected chi connectivity index (χ1v) is 6.91. The molecular weight excluding hydrogens is 282 g/mol. The lowest BCUT2D eigenvalue weighted by atomic mass is 10.2. The van der Waals surface area contributed by atoms with E-state index < -0.39 is 0 Å². The van der Waals surface area contributed by atoms with Gasteiger partial charge in [-0.2, -0.15) is 0 Å². The van der Waals surface area contributed by atoms with E-state index in [4.69, 9.17) is 0 Å². The number of hydrogen-bond donors (Lipinski definition) is 1. The van der Waals surface area contributed by atoms with Crippen LogP contribution in [-0.2, 0) is 6.54 Å². The smallest absolute Gasteiger partial charge is 0.282 e. The Hall–Kier alpha value is -0.810. The van der Waals surface area contributed by atoms with Crippen molar-refractivity contribution < 1.29 is 4.79 Å². The zero-order valence-electron chi connectivity index (χ0n) is 10.1. The summed E-state index contributed by atoms with van der Waals surface area (Å²) < 4.78 is 2.90. The monoisotopic (exact) mass is 299 g/mol. The fourth-order valence-electron chi connectivity index (χ4n) is 2.13. The Bertz CT molecular complexity index is 396. The van der Waals surface area contributed by atoms with Gasteiger partial charge >= 0.3 is 0 Å². The van der Waals surface area contributed by atoms with Crippen LogP contribution >= 0.6 is 15.9 Å². The van der Waals surface area contributed by atoms with Crippen LogP contribution in [-0.4, -0.2) is 28.6 Å². The first-order chi connectivity index (χ1) is 8.20. The summed E-state index contributed by atoms with van der Waals surface area (Å²) >= 11 is 3.40. The average Bonchev–Trinajstić information content (AvgIpc) is 2.72. The number of amides is 1. The maximum absolute atomic E-state index is 12.1. The highest BCUT2D eigenvalue weighted by Gasteiger charge is 2.16. The van der Waals surface area contributed by atoms with Crippen molar-refractivity contribution in [3.8, 4) is 0 Å². The number of hydrazine groups is 1. The molecule has 1 amide bonds. The molecule has 0 aromatic carbocycles. The molecule has 1 aliphatic heterocycles. The second-order valence-electron chi connectivity index (χ2n) is 4.32. The van der Waals surface area contributed by atoms with E-state index in [9.17, 15) is 4.79 Å². The van der Waals surface area contributed by atoms with Crippen molar-refractivity contribution in [2.75, 3.05) is 13.1 Å². The fourth-order valence-corrected chi connectivity index (χ4v) is 2.60. The number of halogens is 1. The third-order valence-corrected chi connectivity index (χ3v) is 3.49. The van der Waals surface area contributed by atoms with Gasteiger partial charge in [0.15, 0.2) is 0 Å². The van der Waals surface area contributed by atoms with Gasteiger partial charge in [0, 0.05) is 30.3 Å². The first-order valence-electron chi connectivity index (χ1n) is 6.12. The molecule has 0 atom stereocenters. The van der Waals surface area contributed by atoms with Crippen molar-refractivity contribution >= 4 is 21.8 Å². The quantitative estimate of drug-likeness (QED) is 0.930. The van der Waals surface area contributed by atoms with E-state index in [0.29, 0.717) is 5.69 Å². The predicted molar refractivity (Wildman–Crippen MR) is 70.7 cm³/mol. The van der Waals surface area contributed by atoms with Crippen molar-refractivity contribution in [2.24, 2.45) is 0 Å². The molecule has 0 radical (unpaired) electrons. The number of hydrogen-bond acceptors (Lipinski definition) is 2. The molecule has 0 saturated carbocycles. The Balaban J connectivity index is 2.02. The summed E-state index contributed by atoms with van der Waals surface area (Å²) in [4.78, 5) is 12.1. The predicted octanol–water partition coefficient (Wildman–Crippen LogP) is 2.40. The summed E-state index contributed by atoms with van der Waals surface area (Å²) in [5.41, 5.74) is 3.69. The molecule has 1 aromatic heterocycles. The lowest BCUT2D eigenvalue weighted by molar-refractivity contribution is 0.0740. The molecule has 0 aliphatic carbocycles. The third-order valence-electron chi connectivity index (χ3n) is 3.05. The Morgan fingerprint density at radius 3 is 2.76 bits per heavy atom. The van der Waals surface area contributed by atoms with Crippen LogP contribution in [0.15, 0.2) is 16.7 Å². The van der Waals surface area contributed by atoms with Crippen molar-refractivity contribution in [3.05, 3.63) is 22.4 Å². The standard InChI is InChI=1S/C12H18BrN3O/c1-2-15-9-10(13)8-11(15)12(17)14-16-6-4-3-5-7-16/h8-9H,2-7H2,1H3,(H,14,17). The molecule has 1 aromatic rings. The lowest BCUT2D eigenvalue weighted by Crippen LogP contribution is -2.45. The Kier molecular flexibility index (Phi) is 4.23. The van der Waals surface area contributed by atoms with E-state index in [1.54, 1.807) is 0 Å². The van der Waals surface area contributed by atoms with Crippen LogP contribution < -0.4 is 5.43 Å². The van der Waals surface area contributed by atoms with Gasteiger partial charge in [0.2, 0.25) is 0 Å². The van der Waals surface area contributed by atoms with Crippen molar-refractivity contribution in [2.45, 2.75) is 32.7 Å². The largest absolute Gasteiger partial charge is 0.343 e. The number of piperidine rings is 1. The molecule has 1 saturated heterocycles. The van der Waals surface area contributed by atoms with Crippen molar-refractivity contribution in [3.63, 3.8) is 0 Å². The number of nitrogens with zero attached hydrogens (tertiary/aromatic N) is 2. The lowest BCUT2D eigenvalue weighted by Gasteiger charge is -2.26. The SMILES string of the molecule is CCn1cc(Br)cc1C(=O)NN1CCCCC1. The molecule has 17 heavy (non-hydrogen) atoms. The molecule has 5 heteroatoms. The molecule has 0 bridgehead atoms. The second kappa shape index (κ2) is 5.69. The first kappa shape index (κ1) is 12.6. The topological polar surface area (TPSA) is 37.3 Å². The molecule has 2 rings (SSSR count). The highest BCUT2D eigenvalue weighted by Crippen LogP contribution is 2.15. The molecule has 2 heterocycles. The summed E-state index contributed by atoms with van der Waals surface area (Å²) in [5, 5.41) is 2.02. The summed E-state index contributed by atoms with van der Waals surface area (Å²) in [5.74, 6) is -0.0144. The van der Waals surface area contributed by atoms with Crippen LogP contribution in [0.5, 0.6) is 0 Å². The highest BCUT2D eigenvalue weighted by molar-refractivity contribution is 9.10. The summed E-state index contributed by atoms with van der Waals surface area (Å²) in [6.07, 6.45) is 5.53. The Labute approximate surface area is 110 Å². The highest BCUT2D eigenvalue weighted by atomic mass is 79.9. The number of aryl methyl sites for hydroxylation is 1. The molecular formula is C12H18BrN3O. The van der Waals surface area contributed by atoms with Crippen LogP contribution in [0.2, 0.25) is 0 Å². The number of nitrogens with one attached hydrogen (secondary N) is 1. The van der Waals surface area contributed by atoms with E-state index >= 15 is 0 Å². The Morgan fingerprint density at radius 2 is 2.12 bits per heavy atom. The fraction of sp³-hybridized carbons (Fsp3) is 0.583. The minimum Gasteiger partial charge on any atom is -0.343 e. The van der Waals surface area contributed by atoms with E-state index in [1.807, 2.05) is 28.8 Å². The molecule has 1 aliphatic rings. The van der Waals surface area contributed by atoms with Crippen LogP contribution in [0.1, 0.15) is 36.7 Å². The minimum atomic E-state index is -0.0144. The van der Waals surface area contributed by atoms with Crippen LogP contribution in [0.3, 0.4) is 0 Å². The molecule has 94 valence electrons. The number of carbonyl (C=O) groups excluding carboxylic acids is 1. The average molecular weight is 300 g/mol. The third kappa shape index (κ3) is 3.10. The van der Waals surface area contributed by atoms with Gasteiger partial charge in [-0.15, -0.1) is 0 Å². The minimum absolute atomic E-state index is 0.0144. The second-order valence-corrected chi connectivity index (χ2v) is 5.23. The van der Waals surface area contributed by atoms with Gasteiger partial charge in [-0.1, -0.05) is 6.42 Å². The van der Waals surface area contributed by atoms with Crippen molar-refractivity contribution in [1.29, 1.82) is 0 Å². The molecule has 0 spiro atoms. The zero-order chi connectivity index (χ0) is 12.3. The van der Waals surface area contributed by atoms with Gasteiger partial charge in [0.05, 0.1) is 0 Å². The van der Waals surface area contributed by atoms with Gasteiger partial charge in [0.1, 0.15) is 5.69 Å². The number of aromatic nitrogens is 1. The number of carbonyl (C=O) groups is 1. The number of rotatable bonds is 3. The van der Waals surface area contributed by atoms with Crippen LogP contribution in [0.4, 0.5) is 0 Å². The van der Waals surface area contributed by atoms with Gasteiger partial charge in [0.25, 0.3) is 5.91 Å². The molecule has 1 N–H and O–H groups in total. The van der Waals surface area contributed by atoms with Crippen molar-refractivity contribution in [1.82, 2.24) is 15.0 Å². The van der Waals surface area contributed by atoms with E-state index in [0.717, 1.165) is 24.1 Å². The summed E-state index contributed by atoms with van der Waals surface area (Å²) in [6.45, 7) is 4.75. The van der Waals surface area contributed by atoms with Gasteiger partial charge < -0.3 is 4.57 Å². The van der Waals surface area contributed by atoms with Gasteiger partial charge in [-0.25, -0.2) is 5.01 Å². The maximum atomic E-state index is 12.1. The summed E-state index contributed by atoms with van der Waals surface area (Å²) in [7, 11) is 0. The summed E-state index contributed by atoms with van der Waals surface area (Å²) in [6, 6.07) is 1.86. The maximum Gasteiger partial charge on any atom is 0.282 e. The zero-order valence-corrected chi connectivity index (χ0v) is 11.7. The van der Waals surface area contributed by atoms with E-state index in [1.165, 1.54) is 19.3 Å². The molecule has 4 nitrogen and oxygen atoms in total. The van der Waals surface area contributed by atoms with Crippen LogP contribution in [0.25, 0.3) is 0 Å². The molecule has 1 fully saturated rings. The Morgan fingerprint density at radius 1 is 1.41 bits per heavy atom. The van der Waals surface area contributed by atoms with Gasteiger partial charge in [-0.05, 0) is 41.8 Å². The van der Waals surface area contributed by atoms with Crippen LogP contribution in [0, 0.1) is 0 Å². The van der Waals surface area contributed by atoms with E-state index in [2.05, 4.69) is 21.4 Å². The van der Waals surface area contributed by atoms with E-state index in [-0.39, 0.29) is 5.91 Å². The van der Waals surface area contributed by atoms with Gasteiger partial charge in [-0.3, -0.25) is 10.2 Å². The normalized spacial score (nSPS) is 17.1.